The van der Waals surface area contributed by atoms with Gasteiger partial charge >= 0.3 is 0 Å². The summed E-state index contributed by atoms with van der Waals surface area (Å²) in [6.45, 7) is 7.92. The predicted octanol–water partition coefficient (Wildman–Crippen LogP) is 3.26. The Morgan fingerprint density at radius 1 is 1.32 bits per heavy atom. The van der Waals surface area contributed by atoms with Crippen molar-refractivity contribution in [2.45, 2.75) is 63.7 Å². The van der Waals surface area contributed by atoms with Gasteiger partial charge in [0.2, 0.25) is 5.95 Å². The van der Waals surface area contributed by atoms with Gasteiger partial charge in [-0.15, -0.1) is 4.72 Å². The van der Waals surface area contributed by atoms with Crippen molar-refractivity contribution in [3.8, 4) is 0 Å². The van der Waals surface area contributed by atoms with Crippen LogP contribution in [0.2, 0.25) is 0 Å². The van der Waals surface area contributed by atoms with Gasteiger partial charge in [-0.1, -0.05) is 6.42 Å². The summed E-state index contributed by atoms with van der Waals surface area (Å²) in [5.41, 5.74) is 7.13. The van der Waals surface area contributed by atoms with Crippen LogP contribution < -0.4 is 15.4 Å². The van der Waals surface area contributed by atoms with Crippen LogP contribution in [-0.4, -0.2) is 42.8 Å². The van der Waals surface area contributed by atoms with Crippen molar-refractivity contribution >= 4 is 44.7 Å². The van der Waals surface area contributed by atoms with Crippen LogP contribution in [0.1, 0.15) is 52.9 Å². The lowest BCUT2D eigenvalue weighted by molar-refractivity contribution is 0.186. The molecule has 3 N–H and O–H groups in total. The van der Waals surface area contributed by atoms with Gasteiger partial charge < -0.3 is 15.2 Å². The zero-order chi connectivity index (χ0) is 20.1. The third-order valence-electron chi connectivity index (χ3n) is 6.25. The summed E-state index contributed by atoms with van der Waals surface area (Å²) < 4.78 is 18.6. The van der Waals surface area contributed by atoms with Crippen LogP contribution in [0, 0.1) is 5.41 Å². The van der Waals surface area contributed by atoms with E-state index in [1.807, 2.05) is 31.4 Å². The number of hydrogen-bond acceptors (Lipinski definition) is 6. The van der Waals surface area contributed by atoms with Gasteiger partial charge in [-0.05, 0) is 67.8 Å². The number of nitrogens with one attached hydrogen (secondary N) is 1. The second-order valence-corrected chi connectivity index (χ2v) is 11.8. The average molecular weight is 469 g/mol. The number of aromatic nitrogens is 3. The number of rotatable bonds is 3. The number of imidazole rings is 1. The summed E-state index contributed by atoms with van der Waals surface area (Å²) in [4.78, 5) is 11.3. The molecule has 154 valence electrons. The Morgan fingerprint density at radius 2 is 2.04 bits per heavy atom. The van der Waals surface area contributed by atoms with Crippen LogP contribution in [0.5, 0.6) is 0 Å². The van der Waals surface area contributed by atoms with E-state index in [-0.39, 0.29) is 10.2 Å². The van der Waals surface area contributed by atoms with Gasteiger partial charge in [0.15, 0.2) is 5.65 Å². The Bertz CT molecular complexity index is 858. The number of nitrogens with two attached hydrogens (primary N) is 1. The highest BCUT2D eigenvalue weighted by Gasteiger charge is 2.48. The Labute approximate surface area is 177 Å². The number of halogens is 1. The number of hydrogen-bond donors (Lipinski definition) is 2. The van der Waals surface area contributed by atoms with E-state index < -0.39 is 11.4 Å². The highest BCUT2D eigenvalue weighted by molar-refractivity contribution is 9.10. The fourth-order valence-electron chi connectivity index (χ4n) is 4.55. The standard InChI is InChI=1S/C19H29BrN6OS/c1-18(2,3)28(27)24-13-5-4-6-19(13)7-10-25(11-8-19)17-23-15(21)14(20)16-22-9-12-26(16)17/h9,12-13,24H,4-8,10-11,21H2,1-3H3/t13-,28-/m1/s1. The van der Waals surface area contributed by atoms with Crippen LogP contribution in [0.15, 0.2) is 16.9 Å². The molecule has 2 fully saturated rings. The Morgan fingerprint density at radius 3 is 2.71 bits per heavy atom. The molecule has 2 atom stereocenters. The highest BCUT2D eigenvalue weighted by Crippen LogP contribution is 2.47. The lowest BCUT2D eigenvalue weighted by atomic mass is 9.74. The number of nitrogens with zero attached hydrogens (tertiary/aromatic N) is 4. The minimum atomic E-state index is -1.03. The molecule has 4 rings (SSSR count). The van der Waals surface area contributed by atoms with Gasteiger partial charge in [-0.2, -0.15) is 4.98 Å². The molecule has 1 spiro atoms. The molecule has 2 aromatic rings. The molecule has 28 heavy (non-hydrogen) atoms. The maximum absolute atomic E-state index is 12.7. The monoisotopic (exact) mass is 468 g/mol. The van der Waals surface area contributed by atoms with E-state index in [0.717, 1.165) is 48.4 Å². The second-order valence-electron chi connectivity index (χ2n) is 9.03. The highest BCUT2D eigenvalue weighted by atomic mass is 79.9. The van der Waals surface area contributed by atoms with E-state index in [1.165, 1.54) is 12.8 Å². The normalized spacial score (nSPS) is 23.6. The fourth-order valence-corrected chi connectivity index (χ4v) is 5.92. The molecule has 0 unspecified atom stereocenters. The molecular weight excluding hydrogens is 440 g/mol. The Balaban J connectivity index is 1.52. The van der Waals surface area contributed by atoms with Crippen LogP contribution in [0.25, 0.3) is 5.65 Å². The summed E-state index contributed by atoms with van der Waals surface area (Å²) in [5.74, 6) is 1.32. The smallest absolute Gasteiger partial charge is 0.213 e. The SMILES string of the molecule is CC(C)(C)[S@@+]([O-])N[C@@H]1CCCC12CCN(c1nc(N)c(Br)c3nccn13)CC2. The molecule has 2 aliphatic rings. The first-order chi connectivity index (χ1) is 13.2. The molecule has 9 heteroatoms. The Kier molecular flexibility index (Phi) is 5.31. The number of nitrogen functional groups attached to an aromatic ring is 1. The van der Waals surface area contributed by atoms with Crippen LogP contribution in [-0.2, 0) is 11.4 Å². The number of piperidine rings is 1. The predicted molar refractivity (Wildman–Crippen MR) is 118 cm³/mol. The van der Waals surface area contributed by atoms with Crippen molar-refractivity contribution in [1.82, 2.24) is 19.1 Å². The third-order valence-corrected chi connectivity index (χ3v) is 8.62. The molecule has 7 nitrogen and oxygen atoms in total. The summed E-state index contributed by atoms with van der Waals surface area (Å²) in [6.07, 6.45) is 9.36. The van der Waals surface area contributed by atoms with E-state index >= 15 is 0 Å². The van der Waals surface area contributed by atoms with Gasteiger partial charge in [-0.3, -0.25) is 4.40 Å². The van der Waals surface area contributed by atoms with Gasteiger partial charge in [0.1, 0.15) is 15.0 Å². The minimum absolute atomic E-state index is 0.229. The number of anilines is 2. The molecule has 1 aliphatic carbocycles. The summed E-state index contributed by atoms with van der Waals surface area (Å²) in [5, 5.41) is 0. The third kappa shape index (κ3) is 3.51. The lowest BCUT2D eigenvalue weighted by Crippen LogP contribution is -2.53. The van der Waals surface area contributed by atoms with Gasteiger partial charge in [0.25, 0.3) is 0 Å². The first-order valence-corrected chi connectivity index (χ1v) is 11.9. The summed E-state index contributed by atoms with van der Waals surface area (Å²) in [7, 11) is 0. The molecule has 0 amide bonds. The van der Waals surface area contributed by atoms with Crippen LogP contribution >= 0.6 is 15.9 Å². The van der Waals surface area contributed by atoms with Gasteiger partial charge in [-0.25, -0.2) is 4.98 Å². The molecule has 2 aromatic heterocycles. The van der Waals surface area contributed by atoms with Crippen molar-refractivity contribution in [2.24, 2.45) is 5.41 Å². The van der Waals surface area contributed by atoms with Crippen molar-refractivity contribution in [3.05, 3.63) is 16.9 Å². The van der Waals surface area contributed by atoms with E-state index in [4.69, 9.17) is 5.73 Å². The minimum Gasteiger partial charge on any atom is -0.598 e. The van der Waals surface area contributed by atoms with E-state index in [1.54, 1.807) is 6.20 Å². The largest absolute Gasteiger partial charge is 0.598 e. The zero-order valence-corrected chi connectivity index (χ0v) is 19.1. The van der Waals surface area contributed by atoms with Gasteiger partial charge in [0, 0.05) is 36.8 Å². The van der Waals surface area contributed by atoms with Crippen molar-refractivity contribution < 1.29 is 4.55 Å². The van der Waals surface area contributed by atoms with E-state index in [0.29, 0.717) is 11.9 Å². The molecule has 1 aliphatic heterocycles. The van der Waals surface area contributed by atoms with Crippen molar-refractivity contribution in [2.75, 3.05) is 23.7 Å². The average Bonchev–Trinajstić information content (AvgIpc) is 3.27. The van der Waals surface area contributed by atoms with Crippen molar-refractivity contribution in [3.63, 3.8) is 0 Å². The zero-order valence-electron chi connectivity index (χ0n) is 16.7. The molecule has 0 bridgehead atoms. The molecular formula is C19H29BrN6OS. The van der Waals surface area contributed by atoms with Crippen LogP contribution in [0.3, 0.4) is 0 Å². The molecule has 1 saturated carbocycles. The summed E-state index contributed by atoms with van der Waals surface area (Å²) in [6, 6.07) is 0.325. The summed E-state index contributed by atoms with van der Waals surface area (Å²) >= 11 is 2.46. The van der Waals surface area contributed by atoms with E-state index in [9.17, 15) is 4.55 Å². The van der Waals surface area contributed by atoms with E-state index in [2.05, 4.69) is 35.5 Å². The maximum Gasteiger partial charge on any atom is 0.213 e. The van der Waals surface area contributed by atoms with Gasteiger partial charge in [0.05, 0.1) is 6.04 Å². The Hall–Kier alpha value is -1.03. The topological polar surface area (TPSA) is 94.5 Å². The quantitative estimate of drug-likeness (QED) is 0.671. The van der Waals surface area contributed by atoms with Crippen molar-refractivity contribution in [1.29, 1.82) is 0 Å². The molecule has 3 heterocycles. The maximum atomic E-state index is 12.7. The van der Waals surface area contributed by atoms with Crippen LogP contribution in [0.4, 0.5) is 11.8 Å². The first kappa shape index (κ1) is 20.3. The number of fused-ring (bicyclic) bond motifs is 1. The fraction of sp³-hybridized carbons (Fsp3) is 0.684. The molecule has 0 aromatic carbocycles. The molecule has 1 saturated heterocycles. The first-order valence-electron chi connectivity index (χ1n) is 9.92. The molecule has 0 radical (unpaired) electrons. The lowest BCUT2D eigenvalue weighted by Gasteiger charge is -2.44. The second kappa shape index (κ2) is 7.34.